The van der Waals surface area contributed by atoms with Crippen molar-refractivity contribution in [2.24, 2.45) is 0 Å². The molecule has 0 atom stereocenters. The number of ether oxygens (including phenoxy) is 2. The van der Waals surface area contributed by atoms with Crippen LogP contribution in [0, 0.1) is 11.5 Å². The van der Waals surface area contributed by atoms with Gasteiger partial charge in [0.2, 0.25) is 0 Å². The normalized spacial score (nSPS) is 11.1. The van der Waals surface area contributed by atoms with Gasteiger partial charge in [0.25, 0.3) is 0 Å². The monoisotopic (exact) mass is 285 g/mol. The molecular formula is C13H23NO4Si. The molecule has 6 heteroatoms. The van der Waals surface area contributed by atoms with Crippen molar-refractivity contribution in [1.29, 1.82) is 0 Å². The molecule has 0 fully saturated rings. The van der Waals surface area contributed by atoms with E-state index in [9.17, 15) is 9.59 Å². The minimum Gasteiger partial charge on any atom is -0.451 e. The van der Waals surface area contributed by atoms with Crippen molar-refractivity contribution in [2.75, 3.05) is 13.2 Å². The second-order valence-electron chi connectivity index (χ2n) is 6.07. The summed E-state index contributed by atoms with van der Waals surface area (Å²) in [6, 6.07) is 0. The molecule has 19 heavy (non-hydrogen) atoms. The van der Waals surface area contributed by atoms with Gasteiger partial charge in [-0.25, -0.2) is 4.79 Å². The van der Waals surface area contributed by atoms with Crippen LogP contribution >= 0.6 is 0 Å². The predicted molar refractivity (Wildman–Crippen MR) is 76.3 cm³/mol. The summed E-state index contributed by atoms with van der Waals surface area (Å²) in [5, 5.41) is 2.32. The van der Waals surface area contributed by atoms with Crippen molar-refractivity contribution in [3.63, 3.8) is 0 Å². The molecule has 0 aliphatic carbocycles. The van der Waals surface area contributed by atoms with E-state index in [1.807, 2.05) is 0 Å². The minimum absolute atomic E-state index is 0.0547. The third kappa shape index (κ3) is 12.8. The Kier molecular flexibility index (Phi) is 6.63. The van der Waals surface area contributed by atoms with Crippen LogP contribution in [-0.2, 0) is 14.3 Å². The van der Waals surface area contributed by atoms with E-state index in [1.54, 1.807) is 20.8 Å². The van der Waals surface area contributed by atoms with Gasteiger partial charge < -0.3 is 14.8 Å². The average molecular weight is 285 g/mol. The number of nitrogens with one attached hydrogen (secondary N) is 1. The number of amides is 1. The number of hydrogen-bond acceptors (Lipinski definition) is 4. The van der Waals surface area contributed by atoms with Crippen molar-refractivity contribution in [1.82, 2.24) is 5.32 Å². The maximum atomic E-state index is 11.3. The molecule has 0 unspecified atom stereocenters. The van der Waals surface area contributed by atoms with Gasteiger partial charge in [-0.3, -0.25) is 4.79 Å². The van der Waals surface area contributed by atoms with E-state index in [0.717, 1.165) is 0 Å². The van der Waals surface area contributed by atoms with E-state index in [0.29, 0.717) is 0 Å². The first-order valence-electron chi connectivity index (χ1n) is 6.12. The van der Waals surface area contributed by atoms with Gasteiger partial charge in [-0.15, -0.1) is 5.54 Å². The average Bonchev–Trinajstić information content (AvgIpc) is 2.17. The number of esters is 1. The molecule has 0 rings (SSSR count). The van der Waals surface area contributed by atoms with E-state index < -0.39 is 25.7 Å². The number of alkyl carbamates (subject to hydrolysis) is 1. The van der Waals surface area contributed by atoms with Crippen molar-refractivity contribution in [3.05, 3.63) is 0 Å². The van der Waals surface area contributed by atoms with Crippen LogP contribution in [0.5, 0.6) is 0 Å². The van der Waals surface area contributed by atoms with Crippen LogP contribution < -0.4 is 5.32 Å². The van der Waals surface area contributed by atoms with Gasteiger partial charge in [0.15, 0.2) is 6.61 Å². The standard InChI is InChI=1S/C13H23NO4Si/c1-13(2,3)18-12(16)14-10-11(15)17-8-7-9-19(4,5)6/h8,10H2,1-6H3,(H,14,16). The quantitative estimate of drug-likeness (QED) is 0.489. The molecule has 5 nitrogen and oxygen atoms in total. The van der Waals surface area contributed by atoms with Crippen molar-refractivity contribution in [2.45, 2.75) is 46.0 Å². The van der Waals surface area contributed by atoms with Gasteiger partial charge in [-0.1, -0.05) is 25.6 Å². The second kappa shape index (κ2) is 7.19. The fourth-order valence-electron chi connectivity index (χ4n) is 0.927. The Morgan fingerprint density at radius 1 is 1.21 bits per heavy atom. The van der Waals surface area contributed by atoms with Crippen molar-refractivity contribution < 1.29 is 19.1 Å². The summed E-state index contributed by atoms with van der Waals surface area (Å²) < 4.78 is 9.84. The molecule has 1 N–H and O–H groups in total. The smallest absolute Gasteiger partial charge is 0.408 e. The molecule has 0 heterocycles. The Balaban J connectivity index is 3.88. The summed E-state index contributed by atoms with van der Waals surface area (Å²) in [6.07, 6.45) is -0.641. The van der Waals surface area contributed by atoms with Crippen LogP contribution in [0.2, 0.25) is 19.6 Å². The highest BCUT2D eigenvalue weighted by molar-refractivity contribution is 6.83. The lowest BCUT2D eigenvalue weighted by atomic mass is 10.2. The lowest BCUT2D eigenvalue weighted by molar-refractivity contribution is -0.141. The molecule has 0 radical (unpaired) electrons. The maximum Gasteiger partial charge on any atom is 0.408 e. The number of carbonyl (C=O) groups excluding carboxylic acids is 2. The largest absolute Gasteiger partial charge is 0.451 e. The zero-order valence-corrected chi connectivity index (χ0v) is 13.5. The number of carbonyl (C=O) groups is 2. The molecule has 0 aliphatic rings. The van der Waals surface area contributed by atoms with Crippen LogP contribution in [0.4, 0.5) is 4.79 Å². The number of hydrogen-bond donors (Lipinski definition) is 1. The highest BCUT2D eigenvalue weighted by Gasteiger charge is 2.16. The highest BCUT2D eigenvalue weighted by Crippen LogP contribution is 2.06. The Bertz CT molecular complexity index is 382. The van der Waals surface area contributed by atoms with E-state index in [1.165, 1.54) is 0 Å². The molecule has 108 valence electrons. The zero-order valence-electron chi connectivity index (χ0n) is 12.5. The summed E-state index contributed by atoms with van der Waals surface area (Å²) >= 11 is 0. The van der Waals surface area contributed by atoms with E-state index in [4.69, 9.17) is 9.47 Å². The Hall–Kier alpha value is -1.48. The predicted octanol–water partition coefficient (Wildman–Crippen LogP) is 1.94. The Labute approximate surface area is 116 Å². The van der Waals surface area contributed by atoms with Gasteiger partial charge in [0.05, 0.1) is 0 Å². The molecule has 0 aliphatic heterocycles. The van der Waals surface area contributed by atoms with E-state index in [-0.39, 0.29) is 13.2 Å². The molecular weight excluding hydrogens is 262 g/mol. The first kappa shape index (κ1) is 17.5. The lowest BCUT2D eigenvalue weighted by Crippen LogP contribution is -2.36. The van der Waals surface area contributed by atoms with Crippen LogP contribution in [0.15, 0.2) is 0 Å². The fraction of sp³-hybridized carbons (Fsp3) is 0.692. The molecule has 0 saturated heterocycles. The second-order valence-corrected chi connectivity index (χ2v) is 10.8. The molecule has 0 aromatic rings. The van der Waals surface area contributed by atoms with Gasteiger partial charge in [0, 0.05) is 0 Å². The lowest BCUT2D eigenvalue weighted by Gasteiger charge is -2.19. The fourth-order valence-corrected chi connectivity index (χ4v) is 1.53. The SMILES string of the molecule is CC(C)(C)OC(=O)NCC(=O)OCC#C[Si](C)(C)C. The Morgan fingerprint density at radius 2 is 1.79 bits per heavy atom. The van der Waals surface area contributed by atoms with Crippen molar-refractivity contribution >= 4 is 20.1 Å². The van der Waals surface area contributed by atoms with Gasteiger partial charge in [0.1, 0.15) is 20.2 Å². The minimum atomic E-state index is -1.43. The third-order valence-electron chi connectivity index (χ3n) is 1.54. The summed E-state index contributed by atoms with van der Waals surface area (Å²) in [5.41, 5.74) is 2.49. The Morgan fingerprint density at radius 3 is 2.26 bits per heavy atom. The summed E-state index contributed by atoms with van der Waals surface area (Å²) in [4.78, 5) is 22.5. The first-order valence-corrected chi connectivity index (χ1v) is 9.62. The maximum absolute atomic E-state index is 11.3. The summed E-state index contributed by atoms with van der Waals surface area (Å²) in [6.45, 7) is 11.4. The number of rotatable bonds is 3. The van der Waals surface area contributed by atoms with Gasteiger partial charge in [-0.2, -0.15) is 0 Å². The van der Waals surface area contributed by atoms with Gasteiger partial charge in [-0.05, 0) is 20.8 Å². The molecule has 0 spiro atoms. The van der Waals surface area contributed by atoms with Crippen LogP contribution in [-0.4, -0.2) is 38.9 Å². The molecule has 0 aromatic heterocycles. The first-order chi connectivity index (χ1) is 8.49. The summed E-state index contributed by atoms with van der Waals surface area (Å²) in [5.74, 6) is 2.28. The van der Waals surface area contributed by atoms with Crippen LogP contribution in [0.1, 0.15) is 20.8 Å². The molecule has 1 amide bonds. The van der Waals surface area contributed by atoms with E-state index >= 15 is 0 Å². The molecule has 0 aromatic carbocycles. The van der Waals surface area contributed by atoms with Gasteiger partial charge >= 0.3 is 12.1 Å². The molecule has 0 bridgehead atoms. The van der Waals surface area contributed by atoms with Crippen LogP contribution in [0.25, 0.3) is 0 Å². The highest BCUT2D eigenvalue weighted by atomic mass is 28.3. The summed E-state index contributed by atoms with van der Waals surface area (Å²) in [7, 11) is -1.43. The molecule has 0 saturated carbocycles. The zero-order chi connectivity index (χ0) is 15.1. The van der Waals surface area contributed by atoms with Crippen LogP contribution in [0.3, 0.4) is 0 Å². The topological polar surface area (TPSA) is 64.6 Å². The third-order valence-corrected chi connectivity index (χ3v) is 2.47. The van der Waals surface area contributed by atoms with Crippen molar-refractivity contribution in [3.8, 4) is 11.5 Å². The van der Waals surface area contributed by atoms with E-state index in [2.05, 4.69) is 36.4 Å².